The van der Waals surface area contributed by atoms with Gasteiger partial charge >= 0.3 is 0 Å². The second-order valence-corrected chi connectivity index (χ2v) is 7.12. The number of carbonyl (C=O) groups excluding carboxylic acids is 1. The SMILES string of the molecule is COc1ccc(C)cc1CN1CCN(CC(=O)Nc2ccccc2OC)CC1. The summed E-state index contributed by atoms with van der Waals surface area (Å²) in [6.07, 6.45) is 0. The number of ether oxygens (including phenoxy) is 2. The Morgan fingerprint density at radius 2 is 1.64 bits per heavy atom. The maximum absolute atomic E-state index is 12.4. The van der Waals surface area contributed by atoms with Gasteiger partial charge < -0.3 is 14.8 Å². The minimum absolute atomic E-state index is 0.0155. The molecule has 0 radical (unpaired) electrons. The Labute approximate surface area is 167 Å². The Kier molecular flexibility index (Phi) is 6.90. The molecule has 28 heavy (non-hydrogen) atoms. The van der Waals surface area contributed by atoms with Crippen LogP contribution in [0.1, 0.15) is 11.1 Å². The lowest BCUT2D eigenvalue weighted by molar-refractivity contribution is -0.117. The van der Waals surface area contributed by atoms with Crippen LogP contribution < -0.4 is 14.8 Å². The minimum atomic E-state index is -0.0155. The molecule has 6 nitrogen and oxygen atoms in total. The van der Waals surface area contributed by atoms with Gasteiger partial charge in [-0.05, 0) is 25.1 Å². The fourth-order valence-electron chi connectivity index (χ4n) is 3.52. The Morgan fingerprint density at radius 1 is 0.964 bits per heavy atom. The molecule has 1 fully saturated rings. The molecule has 1 aliphatic heterocycles. The number of benzene rings is 2. The van der Waals surface area contributed by atoms with Crippen molar-refractivity contribution < 1.29 is 14.3 Å². The molecule has 2 aromatic carbocycles. The monoisotopic (exact) mass is 383 g/mol. The van der Waals surface area contributed by atoms with E-state index in [1.54, 1.807) is 14.2 Å². The number of amides is 1. The summed E-state index contributed by atoms with van der Waals surface area (Å²) in [7, 11) is 3.32. The number of piperazine rings is 1. The fraction of sp³-hybridized carbons (Fsp3) is 0.409. The number of carbonyl (C=O) groups is 1. The highest BCUT2D eigenvalue weighted by atomic mass is 16.5. The van der Waals surface area contributed by atoms with E-state index in [9.17, 15) is 4.79 Å². The Morgan fingerprint density at radius 3 is 2.36 bits per heavy atom. The molecule has 0 atom stereocenters. The van der Waals surface area contributed by atoms with Gasteiger partial charge in [0, 0.05) is 38.3 Å². The van der Waals surface area contributed by atoms with E-state index >= 15 is 0 Å². The average Bonchev–Trinajstić information content (AvgIpc) is 2.70. The summed E-state index contributed by atoms with van der Waals surface area (Å²) in [4.78, 5) is 17.0. The highest BCUT2D eigenvalue weighted by Gasteiger charge is 2.20. The van der Waals surface area contributed by atoms with Crippen molar-refractivity contribution in [3.05, 3.63) is 53.6 Å². The van der Waals surface area contributed by atoms with E-state index in [1.165, 1.54) is 11.1 Å². The van der Waals surface area contributed by atoms with Crippen molar-refractivity contribution >= 4 is 11.6 Å². The number of hydrogen-bond acceptors (Lipinski definition) is 5. The summed E-state index contributed by atoms with van der Waals surface area (Å²) in [5.41, 5.74) is 3.16. The van der Waals surface area contributed by atoms with Gasteiger partial charge in [0.15, 0.2) is 0 Å². The van der Waals surface area contributed by atoms with Crippen LogP contribution in [0.5, 0.6) is 11.5 Å². The van der Waals surface area contributed by atoms with Crippen LogP contribution in [0.2, 0.25) is 0 Å². The molecule has 0 saturated carbocycles. The van der Waals surface area contributed by atoms with Crippen molar-refractivity contribution in [3.63, 3.8) is 0 Å². The van der Waals surface area contributed by atoms with Crippen LogP contribution in [0.25, 0.3) is 0 Å². The Bertz CT molecular complexity index is 801. The molecule has 1 N–H and O–H groups in total. The second kappa shape index (κ2) is 9.57. The zero-order valence-corrected chi connectivity index (χ0v) is 16.9. The highest BCUT2D eigenvalue weighted by molar-refractivity contribution is 5.93. The normalized spacial score (nSPS) is 15.2. The van der Waals surface area contributed by atoms with E-state index in [2.05, 4.69) is 34.2 Å². The molecular weight excluding hydrogens is 354 g/mol. The Balaban J connectivity index is 1.49. The number of hydrogen-bond donors (Lipinski definition) is 1. The van der Waals surface area contributed by atoms with Crippen molar-refractivity contribution in [2.75, 3.05) is 52.3 Å². The van der Waals surface area contributed by atoms with Crippen LogP contribution in [0, 0.1) is 6.92 Å². The van der Waals surface area contributed by atoms with Crippen LogP contribution in [0.3, 0.4) is 0 Å². The summed E-state index contributed by atoms with van der Waals surface area (Å²) in [6.45, 7) is 6.95. The number of anilines is 1. The topological polar surface area (TPSA) is 54.0 Å². The molecular formula is C22H29N3O3. The van der Waals surface area contributed by atoms with E-state index in [-0.39, 0.29) is 5.91 Å². The molecule has 3 rings (SSSR count). The third-order valence-electron chi connectivity index (χ3n) is 5.04. The molecule has 1 saturated heterocycles. The predicted octanol–water partition coefficient (Wildman–Crippen LogP) is 2.77. The lowest BCUT2D eigenvalue weighted by atomic mass is 10.1. The molecule has 1 amide bonds. The number of para-hydroxylation sites is 2. The van der Waals surface area contributed by atoms with E-state index in [1.807, 2.05) is 30.3 Å². The van der Waals surface area contributed by atoms with Crippen LogP contribution in [0.4, 0.5) is 5.69 Å². The first-order valence-corrected chi connectivity index (χ1v) is 9.60. The van der Waals surface area contributed by atoms with E-state index in [0.717, 1.165) is 38.5 Å². The minimum Gasteiger partial charge on any atom is -0.496 e. The molecule has 150 valence electrons. The summed E-state index contributed by atoms with van der Waals surface area (Å²) >= 11 is 0. The Hall–Kier alpha value is -2.57. The van der Waals surface area contributed by atoms with Crippen LogP contribution >= 0.6 is 0 Å². The highest BCUT2D eigenvalue weighted by Crippen LogP contribution is 2.23. The van der Waals surface area contributed by atoms with Crippen molar-refractivity contribution in [1.29, 1.82) is 0 Å². The molecule has 0 unspecified atom stereocenters. The maximum atomic E-state index is 12.4. The molecule has 1 heterocycles. The summed E-state index contributed by atoms with van der Waals surface area (Å²) in [5, 5.41) is 2.95. The van der Waals surface area contributed by atoms with Gasteiger partial charge in [0.25, 0.3) is 0 Å². The standard InChI is InChI=1S/C22H29N3O3/c1-17-8-9-20(27-2)18(14-17)15-24-10-12-25(13-11-24)16-22(26)23-19-6-4-5-7-21(19)28-3/h4-9,14H,10-13,15-16H2,1-3H3,(H,23,26). The van der Waals surface area contributed by atoms with Crippen molar-refractivity contribution in [1.82, 2.24) is 9.80 Å². The van der Waals surface area contributed by atoms with Crippen LogP contribution in [-0.2, 0) is 11.3 Å². The van der Waals surface area contributed by atoms with Gasteiger partial charge in [-0.15, -0.1) is 0 Å². The molecule has 0 aliphatic carbocycles. The number of rotatable bonds is 7. The summed E-state index contributed by atoms with van der Waals surface area (Å²) < 4.78 is 10.8. The average molecular weight is 383 g/mol. The third-order valence-corrected chi connectivity index (χ3v) is 5.04. The van der Waals surface area contributed by atoms with Gasteiger partial charge in [0.1, 0.15) is 11.5 Å². The fourth-order valence-corrected chi connectivity index (χ4v) is 3.52. The molecule has 6 heteroatoms. The van der Waals surface area contributed by atoms with Crippen molar-refractivity contribution in [3.8, 4) is 11.5 Å². The molecule has 2 aromatic rings. The lowest BCUT2D eigenvalue weighted by Gasteiger charge is -2.34. The van der Waals surface area contributed by atoms with Gasteiger partial charge in [-0.3, -0.25) is 14.6 Å². The molecule has 0 aromatic heterocycles. The van der Waals surface area contributed by atoms with Gasteiger partial charge in [0.2, 0.25) is 5.91 Å². The number of nitrogens with zero attached hydrogens (tertiary/aromatic N) is 2. The van der Waals surface area contributed by atoms with Gasteiger partial charge in [-0.1, -0.05) is 29.8 Å². The molecule has 1 aliphatic rings. The lowest BCUT2D eigenvalue weighted by Crippen LogP contribution is -2.48. The molecule has 0 spiro atoms. The maximum Gasteiger partial charge on any atom is 0.238 e. The van der Waals surface area contributed by atoms with Gasteiger partial charge in [-0.25, -0.2) is 0 Å². The smallest absolute Gasteiger partial charge is 0.238 e. The van der Waals surface area contributed by atoms with E-state index < -0.39 is 0 Å². The quantitative estimate of drug-likeness (QED) is 0.797. The van der Waals surface area contributed by atoms with Gasteiger partial charge in [-0.2, -0.15) is 0 Å². The zero-order valence-electron chi connectivity index (χ0n) is 16.9. The largest absolute Gasteiger partial charge is 0.496 e. The summed E-state index contributed by atoms with van der Waals surface area (Å²) in [5.74, 6) is 1.59. The number of nitrogens with one attached hydrogen (secondary N) is 1. The van der Waals surface area contributed by atoms with Gasteiger partial charge in [0.05, 0.1) is 26.5 Å². The van der Waals surface area contributed by atoms with Crippen molar-refractivity contribution in [2.45, 2.75) is 13.5 Å². The first-order chi connectivity index (χ1) is 13.6. The third kappa shape index (κ3) is 5.24. The first kappa shape index (κ1) is 20.2. The second-order valence-electron chi connectivity index (χ2n) is 7.12. The van der Waals surface area contributed by atoms with E-state index in [4.69, 9.17) is 9.47 Å². The molecule has 0 bridgehead atoms. The zero-order chi connectivity index (χ0) is 19.9. The number of methoxy groups -OCH3 is 2. The van der Waals surface area contributed by atoms with E-state index in [0.29, 0.717) is 18.0 Å². The summed E-state index contributed by atoms with van der Waals surface area (Å²) in [6, 6.07) is 13.8. The predicted molar refractivity (Wildman–Crippen MR) is 111 cm³/mol. The first-order valence-electron chi connectivity index (χ1n) is 9.60. The van der Waals surface area contributed by atoms with Crippen molar-refractivity contribution in [2.24, 2.45) is 0 Å². The van der Waals surface area contributed by atoms with Crippen LogP contribution in [-0.4, -0.2) is 62.7 Å². The number of aryl methyl sites for hydroxylation is 1. The van der Waals surface area contributed by atoms with Crippen LogP contribution in [0.15, 0.2) is 42.5 Å².